The number of nitrogens with one attached hydrogen (secondary N) is 3. The fourth-order valence-electron chi connectivity index (χ4n) is 1.90. The van der Waals surface area contributed by atoms with Gasteiger partial charge in [-0.05, 0) is 30.1 Å². The van der Waals surface area contributed by atoms with Crippen molar-refractivity contribution in [1.82, 2.24) is 16.0 Å². The van der Waals surface area contributed by atoms with E-state index in [1.807, 2.05) is 7.05 Å². The molecule has 0 spiro atoms. The number of hydrogen-bond donors (Lipinski definition) is 3. The van der Waals surface area contributed by atoms with E-state index in [4.69, 9.17) is 0 Å². The minimum absolute atomic E-state index is 0.179. The SMILES string of the molecule is C=C(CCC(NC(=C)NCC(C)(C)CC)C(C)(C)C)NC. The number of rotatable bonds is 10. The van der Waals surface area contributed by atoms with Crippen LogP contribution in [0.5, 0.6) is 0 Å². The van der Waals surface area contributed by atoms with Crippen LogP contribution in [0.4, 0.5) is 0 Å². The summed E-state index contributed by atoms with van der Waals surface area (Å²) in [7, 11) is 1.93. The van der Waals surface area contributed by atoms with E-state index in [1.54, 1.807) is 0 Å². The Morgan fingerprint density at radius 1 is 1.10 bits per heavy atom. The van der Waals surface area contributed by atoms with Gasteiger partial charge in [0.25, 0.3) is 0 Å². The molecule has 0 rings (SSSR count). The predicted octanol–water partition coefficient (Wildman–Crippen LogP) is 4.00. The Bertz CT molecular complexity index is 337. The van der Waals surface area contributed by atoms with Crippen LogP contribution in [0.1, 0.15) is 60.8 Å². The summed E-state index contributed by atoms with van der Waals surface area (Å²) in [6.45, 7) is 22.6. The van der Waals surface area contributed by atoms with Crippen molar-refractivity contribution in [1.29, 1.82) is 0 Å². The average Bonchev–Trinajstić information content (AvgIpc) is 2.39. The third kappa shape index (κ3) is 8.69. The Morgan fingerprint density at radius 3 is 2.10 bits per heavy atom. The summed E-state index contributed by atoms with van der Waals surface area (Å²) in [5, 5.41) is 10.1. The largest absolute Gasteiger partial charge is 0.392 e. The topological polar surface area (TPSA) is 36.1 Å². The molecule has 3 heteroatoms. The zero-order valence-electron chi connectivity index (χ0n) is 15.3. The molecule has 3 N–H and O–H groups in total. The summed E-state index contributed by atoms with van der Waals surface area (Å²) in [4.78, 5) is 0. The van der Waals surface area contributed by atoms with Crippen LogP contribution < -0.4 is 16.0 Å². The average molecular weight is 296 g/mol. The molecule has 3 nitrogen and oxygen atoms in total. The van der Waals surface area contributed by atoms with Crippen LogP contribution in [0.2, 0.25) is 0 Å². The van der Waals surface area contributed by atoms with Gasteiger partial charge in [0.1, 0.15) is 0 Å². The summed E-state index contributed by atoms with van der Waals surface area (Å²) in [5.74, 6) is 0.923. The van der Waals surface area contributed by atoms with Gasteiger partial charge in [-0.3, -0.25) is 0 Å². The molecule has 0 bridgehead atoms. The van der Waals surface area contributed by atoms with Crippen molar-refractivity contribution in [2.45, 2.75) is 66.8 Å². The zero-order valence-corrected chi connectivity index (χ0v) is 15.3. The van der Waals surface area contributed by atoms with E-state index in [9.17, 15) is 0 Å². The van der Waals surface area contributed by atoms with Crippen molar-refractivity contribution in [2.75, 3.05) is 13.6 Å². The Kier molecular flexibility index (Phi) is 7.91. The van der Waals surface area contributed by atoms with Crippen molar-refractivity contribution >= 4 is 0 Å². The Balaban J connectivity index is 4.47. The van der Waals surface area contributed by atoms with Crippen LogP contribution in [-0.2, 0) is 0 Å². The monoisotopic (exact) mass is 295 g/mol. The van der Waals surface area contributed by atoms with Crippen LogP contribution >= 0.6 is 0 Å². The maximum atomic E-state index is 4.13. The lowest BCUT2D eigenvalue weighted by molar-refractivity contribution is 0.259. The molecule has 0 heterocycles. The maximum Gasteiger partial charge on any atom is 0.0914 e. The molecule has 1 unspecified atom stereocenters. The standard InChI is InChI=1S/C18H37N3/c1-10-18(7,8)13-20-15(3)21-16(17(4,5)6)12-11-14(2)19-9/h16,19-21H,2-3,10-13H2,1,4-9H3. The van der Waals surface area contributed by atoms with Gasteiger partial charge in [0.2, 0.25) is 0 Å². The summed E-state index contributed by atoms with van der Waals surface area (Å²) < 4.78 is 0. The molecular weight excluding hydrogens is 258 g/mol. The molecular formula is C18H37N3. The van der Waals surface area contributed by atoms with E-state index in [2.05, 4.69) is 70.7 Å². The van der Waals surface area contributed by atoms with Gasteiger partial charge >= 0.3 is 0 Å². The predicted molar refractivity (Wildman–Crippen MR) is 95.0 cm³/mol. The van der Waals surface area contributed by atoms with Gasteiger partial charge in [-0.15, -0.1) is 0 Å². The molecule has 0 aromatic heterocycles. The molecule has 0 fully saturated rings. The molecule has 21 heavy (non-hydrogen) atoms. The Labute approximate surface area is 132 Å². The third-order valence-corrected chi connectivity index (χ3v) is 4.22. The third-order valence-electron chi connectivity index (χ3n) is 4.22. The molecule has 0 aliphatic heterocycles. The molecule has 0 aliphatic carbocycles. The zero-order chi connectivity index (χ0) is 16.7. The normalized spacial score (nSPS) is 13.5. The Morgan fingerprint density at radius 2 is 1.67 bits per heavy atom. The van der Waals surface area contributed by atoms with E-state index in [1.165, 1.54) is 0 Å². The van der Waals surface area contributed by atoms with Gasteiger partial charge in [-0.2, -0.15) is 0 Å². The van der Waals surface area contributed by atoms with Gasteiger partial charge < -0.3 is 16.0 Å². The lowest BCUT2D eigenvalue weighted by Gasteiger charge is -2.34. The van der Waals surface area contributed by atoms with E-state index in [0.29, 0.717) is 11.5 Å². The fourth-order valence-corrected chi connectivity index (χ4v) is 1.90. The second-order valence-electron chi connectivity index (χ2n) is 7.81. The molecule has 124 valence electrons. The van der Waals surface area contributed by atoms with Gasteiger partial charge in [-0.1, -0.05) is 54.7 Å². The van der Waals surface area contributed by atoms with Crippen LogP contribution in [0.25, 0.3) is 0 Å². The van der Waals surface area contributed by atoms with Crippen molar-refractivity contribution in [2.24, 2.45) is 10.8 Å². The highest BCUT2D eigenvalue weighted by Crippen LogP contribution is 2.24. The van der Waals surface area contributed by atoms with E-state index < -0.39 is 0 Å². The first-order valence-electron chi connectivity index (χ1n) is 8.06. The van der Waals surface area contributed by atoms with Crippen molar-refractivity contribution in [3.05, 3.63) is 24.7 Å². The van der Waals surface area contributed by atoms with E-state index >= 15 is 0 Å². The number of allylic oxidation sites excluding steroid dienone is 1. The van der Waals surface area contributed by atoms with Crippen LogP contribution in [0.3, 0.4) is 0 Å². The quantitative estimate of drug-likeness (QED) is 0.570. The molecule has 0 amide bonds. The second kappa shape index (κ2) is 8.35. The molecule has 0 radical (unpaired) electrons. The molecule has 0 aromatic rings. The van der Waals surface area contributed by atoms with Crippen molar-refractivity contribution in [3.8, 4) is 0 Å². The summed E-state index contributed by atoms with van der Waals surface area (Å²) in [6, 6.07) is 0.368. The van der Waals surface area contributed by atoms with Gasteiger partial charge in [0, 0.05) is 25.3 Å². The minimum Gasteiger partial charge on any atom is -0.392 e. The van der Waals surface area contributed by atoms with Crippen LogP contribution in [0.15, 0.2) is 24.7 Å². The Hall–Kier alpha value is -1.12. The molecule has 0 saturated carbocycles. The summed E-state index contributed by atoms with van der Waals surface area (Å²) >= 11 is 0. The lowest BCUT2D eigenvalue weighted by Crippen LogP contribution is -2.44. The van der Waals surface area contributed by atoms with Crippen molar-refractivity contribution in [3.63, 3.8) is 0 Å². The number of hydrogen-bond acceptors (Lipinski definition) is 3. The van der Waals surface area contributed by atoms with Crippen LogP contribution in [-0.4, -0.2) is 19.6 Å². The lowest BCUT2D eigenvalue weighted by atomic mass is 9.83. The molecule has 0 aliphatic rings. The van der Waals surface area contributed by atoms with Gasteiger partial charge in [0.05, 0.1) is 5.82 Å². The fraction of sp³-hybridized carbons (Fsp3) is 0.778. The van der Waals surface area contributed by atoms with Crippen molar-refractivity contribution < 1.29 is 0 Å². The molecule has 1 atom stereocenters. The summed E-state index contributed by atoms with van der Waals surface area (Å²) in [6.07, 6.45) is 3.16. The second-order valence-corrected chi connectivity index (χ2v) is 7.81. The minimum atomic E-state index is 0.179. The van der Waals surface area contributed by atoms with E-state index in [-0.39, 0.29) is 5.41 Å². The smallest absolute Gasteiger partial charge is 0.0914 e. The first-order valence-corrected chi connectivity index (χ1v) is 8.06. The molecule has 0 saturated heterocycles. The highest BCUT2D eigenvalue weighted by molar-refractivity contribution is 4.98. The molecule has 0 aromatic carbocycles. The highest BCUT2D eigenvalue weighted by atomic mass is 15.1. The maximum absolute atomic E-state index is 4.13. The highest BCUT2D eigenvalue weighted by Gasteiger charge is 2.25. The van der Waals surface area contributed by atoms with Gasteiger partial charge in [-0.25, -0.2) is 0 Å². The first-order chi connectivity index (χ1) is 9.51. The first kappa shape index (κ1) is 19.9. The summed E-state index contributed by atoms with van der Waals surface area (Å²) in [5.41, 5.74) is 1.55. The van der Waals surface area contributed by atoms with E-state index in [0.717, 1.165) is 37.3 Å². The van der Waals surface area contributed by atoms with Gasteiger partial charge in [0.15, 0.2) is 0 Å². The van der Waals surface area contributed by atoms with Crippen LogP contribution in [0, 0.1) is 10.8 Å².